The molecule has 0 saturated carbocycles. The third-order valence-corrected chi connectivity index (χ3v) is 13.0. The van der Waals surface area contributed by atoms with Crippen LogP contribution >= 0.6 is 0 Å². The topological polar surface area (TPSA) is 16.4 Å². The summed E-state index contributed by atoms with van der Waals surface area (Å²) in [5, 5.41) is 2.26. The van der Waals surface area contributed by atoms with Gasteiger partial charge in [-0.25, -0.2) is 0 Å². The lowest BCUT2D eigenvalue weighted by Crippen LogP contribution is -2.28. The fourth-order valence-electron chi connectivity index (χ4n) is 10.1. The van der Waals surface area contributed by atoms with Crippen LogP contribution in [0.5, 0.6) is 0 Å². The van der Waals surface area contributed by atoms with E-state index in [2.05, 4.69) is 241 Å². The molecule has 0 unspecified atom stereocenters. The third kappa shape index (κ3) is 5.95. The highest BCUT2D eigenvalue weighted by Gasteiger charge is 2.45. The van der Waals surface area contributed by atoms with Crippen LogP contribution in [0, 0.1) is 0 Å². The largest absolute Gasteiger partial charge is 0.455 e. The molecule has 2 heteroatoms. The van der Waals surface area contributed by atoms with E-state index in [-0.39, 0.29) is 0 Å². The predicted octanol–water partition coefficient (Wildman–Crippen LogP) is 16.4. The number of hydrogen-bond donors (Lipinski definition) is 0. The van der Waals surface area contributed by atoms with Gasteiger partial charge in [0.1, 0.15) is 11.2 Å². The van der Waals surface area contributed by atoms with Crippen molar-refractivity contribution in [2.24, 2.45) is 0 Å². The Kier molecular flexibility index (Phi) is 8.76. The number of hydrogen-bond acceptors (Lipinski definition) is 2. The summed E-state index contributed by atoms with van der Waals surface area (Å²) >= 11 is 0. The van der Waals surface area contributed by atoms with Crippen molar-refractivity contribution in [1.29, 1.82) is 0 Å². The second-order valence-electron chi connectivity index (χ2n) is 16.4. The maximum atomic E-state index is 6.44. The van der Waals surface area contributed by atoms with Crippen molar-refractivity contribution in [3.05, 3.63) is 271 Å². The average molecular weight is 804 g/mol. The molecule has 12 rings (SSSR count). The first-order valence-electron chi connectivity index (χ1n) is 21.7. The molecule has 0 atom stereocenters. The van der Waals surface area contributed by atoms with Gasteiger partial charge in [0.2, 0.25) is 0 Å². The van der Waals surface area contributed by atoms with Gasteiger partial charge in [-0.2, -0.15) is 0 Å². The van der Waals surface area contributed by atoms with Crippen LogP contribution in [0.2, 0.25) is 0 Å². The number of furan rings is 1. The molecule has 11 aromatic rings. The van der Waals surface area contributed by atoms with Crippen molar-refractivity contribution in [1.82, 2.24) is 0 Å². The van der Waals surface area contributed by atoms with Crippen molar-refractivity contribution >= 4 is 39.0 Å². The van der Waals surface area contributed by atoms with Crippen LogP contribution in [-0.2, 0) is 5.41 Å². The molecule has 1 aliphatic rings. The zero-order chi connectivity index (χ0) is 41.7. The Balaban J connectivity index is 0.936. The van der Waals surface area contributed by atoms with E-state index in [1.807, 2.05) is 12.1 Å². The Labute approximate surface area is 367 Å². The van der Waals surface area contributed by atoms with Crippen LogP contribution in [0.15, 0.2) is 253 Å². The van der Waals surface area contributed by atoms with Gasteiger partial charge in [0, 0.05) is 33.3 Å². The molecule has 0 N–H and O–H groups in total. The molecule has 0 amide bonds. The van der Waals surface area contributed by atoms with Crippen LogP contribution in [0.1, 0.15) is 22.3 Å². The summed E-state index contributed by atoms with van der Waals surface area (Å²) in [6, 6.07) is 90.0. The minimum Gasteiger partial charge on any atom is -0.455 e. The zero-order valence-electron chi connectivity index (χ0n) is 34.5. The van der Waals surface area contributed by atoms with Gasteiger partial charge in [0.15, 0.2) is 0 Å². The molecule has 0 bridgehead atoms. The van der Waals surface area contributed by atoms with Gasteiger partial charge < -0.3 is 9.32 Å². The molecule has 10 aromatic carbocycles. The Morgan fingerprint density at radius 1 is 0.302 bits per heavy atom. The number of fused-ring (bicyclic) bond motifs is 6. The number of para-hydroxylation sites is 3. The lowest BCUT2D eigenvalue weighted by molar-refractivity contribution is 0.670. The maximum absolute atomic E-state index is 6.44. The summed E-state index contributed by atoms with van der Waals surface area (Å²) in [5.41, 5.74) is 19.3. The third-order valence-electron chi connectivity index (χ3n) is 13.0. The summed E-state index contributed by atoms with van der Waals surface area (Å²) < 4.78 is 6.44. The molecule has 1 aliphatic carbocycles. The Morgan fingerprint density at radius 2 is 0.762 bits per heavy atom. The van der Waals surface area contributed by atoms with Crippen molar-refractivity contribution in [3.8, 4) is 44.5 Å². The zero-order valence-corrected chi connectivity index (χ0v) is 34.5. The van der Waals surface area contributed by atoms with Crippen molar-refractivity contribution < 1.29 is 4.42 Å². The molecular formula is C61H41NO. The fraction of sp³-hybridized carbons (Fsp3) is 0.0164. The number of benzene rings is 10. The second-order valence-corrected chi connectivity index (χ2v) is 16.4. The summed E-state index contributed by atoms with van der Waals surface area (Å²) in [6.07, 6.45) is 0. The first-order valence-corrected chi connectivity index (χ1v) is 21.7. The standard InChI is InChI=1S/C61H41NO/c1-3-16-44(17-4-1)50-20-9-13-28-58(50)62(49-40-34-45(35-41-49)51-24-15-25-55-54-23-10-14-29-59(54)63-60(51)55)48-38-32-43(33-39-48)42-30-36-47(37-31-42)61(46-18-5-2-6-19-46)56-26-11-7-21-52(56)53-22-8-12-27-57(53)61/h1-41H. The molecule has 0 saturated heterocycles. The molecule has 2 nitrogen and oxygen atoms in total. The van der Waals surface area contributed by atoms with E-state index in [0.29, 0.717) is 0 Å². The number of anilines is 3. The normalized spacial score (nSPS) is 12.6. The van der Waals surface area contributed by atoms with E-state index >= 15 is 0 Å². The van der Waals surface area contributed by atoms with Crippen LogP contribution in [-0.4, -0.2) is 0 Å². The van der Waals surface area contributed by atoms with E-state index in [9.17, 15) is 0 Å². The lowest BCUT2D eigenvalue weighted by Gasteiger charge is -2.34. The number of nitrogens with zero attached hydrogens (tertiary/aromatic N) is 1. The highest BCUT2D eigenvalue weighted by molar-refractivity contribution is 6.09. The van der Waals surface area contributed by atoms with Crippen LogP contribution in [0.3, 0.4) is 0 Å². The summed E-state index contributed by atoms with van der Waals surface area (Å²) in [4.78, 5) is 2.37. The van der Waals surface area contributed by atoms with Gasteiger partial charge in [0.05, 0.1) is 11.1 Å². The van der Waals surface area contributed by atoms with Gasteiger partial charge in [-0.05, 0) is 92.0 Å². The molecular weight excluding hydrogens is 763 g/mol. The van der Waals surface area contributed by atoms with Crippen LogP contribution in [0.4, 0.5) is 17.1 Å². The lowest BCUT2D eigenvalue weighted by atomic mass is 9.67. The monoisotopic (exact) mass is 803 g/mol. The Hall–Kier alpha value is -8.20. The summed E-state index contributed by atoms with van der Waals surface area (Å²) in [6.45, 7) is 0. The van der Waals surface area contributed by atoms with E-state index in [0.717, 1.165) is 61.3 Å². The maximum Gasteiger partial charge on any atom is 0.143 e. The van der Waals surface area contributed by atoms with E-state index in [1.165, 1.54) is 44.5 Å². The molecule has 296 valence electrons. The van der Waals surface area contributed by atoms with Crippen molar-refractivity contribution in [2.75, 3.05) is 4.90 Å². The molecule has 0 radical (unpaired) electrons. The van der Waals surface area contributed by atoms with Gasteiger partial charge in [-0.15, -0.1) is 0 Å². The van der Waals surface area contributed by atoms with Gasteiger partial charge >= 0.3 is 0 Å². The van der Waals surface area contributed by atoms with Crippen molar-refractivity contribution in [3.63, 3.8) is 0 Å². The molecule has 0 fully saturated rings. The molecule has 0 aliphatic heterocycles. The molecule has 63 heavy (non-hydrogen) atoms. The van der Waals surface area contributed by atoms with Crippen LogP contribution in [0.25, 0.3) is 66.4 Å². The van der Waals surface area contributed by atoms with E-state index in [4.69, 9.17) is 4.42 Å². The molecule has 1 heterocycles. The minimum atomic E-state index is -0.419. The Bertz CT molecular complexity index is 3370. The minimum absolute atomic E-state index is 0.419. The predicted molar refractivity (Wildman–Crippen MR) is 262 cm³/mol. The first-order chi connectivity index (χ1) is 31.3. The Morgan fingerprint density at radius 3 is 1.43 bits per heavy atom. The van der Waals surface area contributed by atoms with Crippen molar-refractivity contribution in [2.45, 2.75) is 5.41 Å². The molecule has 0 spiro atoms. The molecule has 1 aromatic heterocycles. The van der Waals surface area contributed by atoms with Crippen LogP contribution < -0.4 is 4.90 Å². The highest BCUT2D eigenvalue weighted by atomic mass is 16.3. The fourth-order valence-corrected chi connectivity index (χ4v) is 10.1. The average Bonchev–Trinajstić information content (AvgIpc) is 3.90. The summed E-state index contributed by atoms with van der Waals surface area (Å²) in [7, 11) is 0. The highest BCUT2D eigenvalue weighted by Crippen LogP contribution is 2.56. The van der Waals surface area contributed by atoms with E-state index in [1.54, 1.807) is 0 Å². The SMILES string of the molecule is c1ccc(-c2ccccc2N(c2ccc(-c3ccc(C4(c5ccccc5)c5ccccc5-c5ccccc54)cc3)cc2)c2ccc(-c3cccc4c3oc3ccccc34)cc2)cc1. The first kappa shape index (κ1) is 36.6. The van der Waals surface area contributed by atoms with Gasteiger partial charge in [0.25, 0.3) is 0 Å². The summed E-state index contributed by atoms with van der Waals surface area (Å²) in [5.74, 6) is 0. The van der Waals surface area contributed by atoms with Gasteiger partial charge in [-0.1, -0.05) is 212 Å². The quantitative estimate of drug-likeness (QED) is 0.152. The smallest absolute Gasteiger partial charge is 0.143 e. The van der Waals surface area contributed by atoms with E-state index < -0.39 is 5.41 Å². The number of rotatable bonds is 8. The second kappa shape index (κ2) is 15.1. The van der Waals surface area contributed by atoms with Gasteiger partial charge in [-0.3, -0.25) is 0 Å².